The Kier molecular flexibility index (Phi) is 2.14. The minimum Gasteiger partial charge on any atom is -0.504 e. The molecule has 1 N–H and O–H groups in total. The van der Waals surface area contributed by atoms with Crippen LogP contribution in [-0.4, -0.2) is 23.1 Å². The molecule has 22 heavy (non-hydrogen) atoms. The predicted octanol–water partition coefficient (Wildman–Crippen LogP) is 3.70. The van der Waals surface area contributed by atoms with Crippen LogP contribution in [0.1, 0.15) is 52.9 Å². The predicted molar refractivity (Wildman–Crippen MR) is 82.3 cm³/mol. The molecule has 0 aromatic heterocycles. The molecule has 0 radical (unpaired) electrons. The van der Waals surface area contributed by atoms with Crippen LogP contribution < -0.4 is 0 Å². The van der Waals surface area contributed by atoms with Crippen LogP contribution in [0.2, 0.25) is 0 Å². The molecule has 118 valence electrons. The van der Waals surface area contributed by atoms with Crippen molar-refractivity contribution in [3.05, 3.63) is 23.0 Å². The Labute approximate surface area is 131 Å². The van der Waals surface area contributed by atoms with Crippen molar-refractivity contribution in [2.75, 3.05) is 0 Å². The molecule has 5 rings (SSSR count). The summed E-state index contributed by atoms with van der Waals surface area (Å²) in [5.74, 6) is 0.288. The highest BCUT2D eigenvalue weighted by Crippen LogP contribution is 2.76. The van der Waals surface area contributed by atoms with Crippen LogP contribution in [0.25, 0.3) is 0 Å². The molecular weight excluding hydrogens is 276 g/mol. The van der Waals surface area contributed by atoms with Gasteiger partial charge in [0.25, 0.3) is 0 Å². The van der Waals surface area contributed by atoms with Crippen LogP contribution in [-0.2, 0) is 9.53 Å². The van der Waals surface area contributed by atoms with E-state index < -0.39 is 0 Å². The Balaban J connectivity index is 1.67. The first-order valence-electron chi connectivity index (χ1n) is 8.64. The minimum atomic E-state index is -0.170. The maximum atomic E-state index is 12.2. The number of ketones is 1. The summed E-state index contributed by atoms with van der Waals surface area (Å²) < 4.78 is 6.12. The number of rotatable bonds is 0. The quantitative estimate of drug-likeness (QED) is 0.694. The van der Waals surface area contributed by atoms with Crippen molar-refractivity contribution in [3.63, 3.8) is 0 Å². The van der Waals surface area contributed by atoms with Gasteiger partial charge >= 0.3 is 0 Å². The van der Waals surface area contributed by atoms with Gasteiger partial charge in [0.15, 0.2) is 5.76 Å². The molecule has 5 aliphatic rings. The maximum Gasteiger partial charge on any atom is 0.222 e. The van der Waals surface area contributed by atoms with Crippen LogP contribution >= 0.6 is 0 Å². The summed E-state index contributed by atoms with van der Waals surface area (Å²) in [6, 6.07) is 0. The van der Waals surface area contributed by atoms with E-state index >= 15 is 0 Å². The van der Waals surface area contributed by atoms with Gasteiger partial charge in [-0.3, -0.25) is 4.79 Å². The van der Waals surface area contributed by atoms with Crippen LogP contribution in [0.15, 0.2) is 23.0 Å². The summed E-state index contributed by atoms with van der Waals surface area (Å²) in [6.07, 6.45) is 8.58. The first-order chi connectivity index (χ1) is 10.3. The van der Waals surface area contributed by atoms with E-state index in [0.29, 0.717) is 23.5 Å². The van der Waals surface area contributed by atoms with Gasteiger partial charge in [0.1, 0.15) is 0 Å². The number of aliphatic hydroxyl groups is 1. The molecule has 1 heterocycles. The van der Waals surface area contributed by atoms with E-state index in [-0.39, 0.29) is 22.4 Å². The van der Waals surface area contributed by atoms with Crippen molar-refractivity contribution in [1.82, 2.24) is 0 Å². The standard InChI is InChI=1S/C19H24O3/c1-10-11-4-7-19-9-17(2,15-16(19)22-15)6-5-13(19)18(11,3)8-12(20)14(10)21/h8,13,15-16,20H,4-7,9H2,1-3H3. The fourth-order valence-corrected chi connectivity index (χ4v) is 6.94. The minimum absolute atomic E-state index is 0.0413. The fourth-order valence-electron chi connectivity index (χ4n) is 6.94. The molecule has 6 unspecified atom stereocenters. The second-order valence-corrected chi connectivity index (χ2v) is 8.88. The van der Waals surface area contributed by atoms with Crippen molar-refractivity contribution in [2.24, 2.45) is 22.2 Å². The molecule has 3 heteroatoms. The summed E-state index contributed by atoms with van der Waals surface area (Å²) in [5, 5.41) is 10.2. The molecule has 1 saturated heterocycles. The lowest BCUT2D eigenvalue weighted by Gasteiger charge is -2.58. The first kappa shape index (κ1) is 13.4. The third-order valence-electron chi connectivity index (χ3n) is 7.85. The average Bonchev–Trinajstić information content (AvgIpc) is 3.23. The Morgan fingerprint density at radius 3 is 2.82 bits per heavy atom. The van der Waals surface area contributed by atoms with Gasteiger partial charge in [-0.05, 0) is 56.4 Å². The van der Waals surface area contributed by atoms with Gasteiger partial charge in [0.05, 0.1) is 12.2 Å². The number of carbonyl (C=O) groups is 1. The summed E-state index contributed by atoms with van der Waals surface area (Å²) in [5.41, 5.74) is 2.54. The molecule has 6 atom stereocenters. The van der Waals surface area contributed by atoms with E-state index in [9.17, 15) is 9.90 Å². The van der Waals surface area contributed by atoms with Gasteiger partial charge in [-0.1, -0.05) is 19.4 Å². The fraction of sp³-hybridized carbons (Fsp3) is 0.737. The Bertz CT molecular complexity index is 674. The molecule has 2 bridgehead atoms. The van der Waals surface area contributed by atoms with Crippen molar-refractivity contribution in [1.29, 1.82) is 0 Å². The van der Waals surface area contributed by atoms with Crippen LogP contribution in [0, 0.1) is 22.2 Å². The number of hydrogen-bond donors (Lipinski definition) is 1. The lowest BCUT2D eigenvalue weighted by molar-refractivity contribution is -0.116. The average molecular weight is 300 g/mol. The highest BCUT2D eigenvalue weighted by Gasteiger charge is 2.76. The smallest absolute Gasteiger partial charge is 0.222 e. The zero-order chi connectivity index (χ0) is 15.5. The number of hydrogen-bond acceptors (Lipinski definition) is 3. The molecule has 3 saturated carbocycles. The molecule has 1 aliphatic heterocycles. The lowest BCUT2D eigenvalue weighted by atomic mass is 9.46. The van der Waals surface area contributed by atoms with Crippen molar-refractivity contribution in [2.45, 2.75) is 65.1 Å². The SMILES string of the molecule is CC1=C2CCC34CC(C)(CCC3C2(C)C=C(O)C1=O)C1OC14. The lowest BCUT2D eigenvalue weighted by Crippen LogP contribution is -2.52. The molecule has 0 aromatic carbocycles. The van der Waals surface area contributed by atoms with E-state index in [0.717, 1.165) is 18.4 Å². The number of Topliss-reactive ketones (excluding diaryl/α,β-unsaturated/α-hetero) is 1. The van der Waals surface area contributed by atoms with Crippen molar-refractivity contribution < 1.29 is 14.6 Å². The highest BCUT2D eigenvalue weighted by atomic mass is 16.6. The molecule has 0 aromatic rings. The number of aliphatic hydroxyl groups excluding tert-OH is 1. The summed E-state index contributed by atoms with van der Waals surface area (Å²) in [7, 11) is 0. The molecule has 3 nitrogen and oxygen atoms in total. The number of allylic oxidation sites excluding steroid dienone is 3. The summed E-state index contributed by atoms with van der Waals surface area (Å²) in [6.45, 7) is 6.55. The Morgan fingerprint density at radius 1 is 1.27 bits per heavy atom. The summed E-state index contributed by atoms with van der Waals surface area (Å²) >= 11 is 0. The van der Waals surface area contributed by atoms with E-state index in [1.54, 1.807) is 0 Å². The third kappa shape index (κ3) is 1.24. The van der Waals surface area contributed by atoms with Crippen LogP contribution in [0.5, 0.6) is 0 Å². The zero-order valence-corrected chi connectivity index (χ0v) is 13.6. The van der Waals surface area contributed by atoms with Crippen LogP contribution in [0.3, 0.4) is 0 Å². The van der Waals surface area contributed by atoms with Crippen LogP contribution in [0.4, 0.5) is 0 Å². The topological polar surface area (TPSA) is 49.8 Å². The third-order valence-corrected chi connectivity index (χ3v) is 7.85. The zero-order valence-electron chi connectivity index (χ0n) is 13.6. The van der Waals surface area contributed by atoms with Gasteiger partial charge < -0.3 is 9.84 Å². The number of epoxide rings is 1. The largest absolute Gasteiger partial charge is 0.504 e. The van der Waals surface area contributed by atoms with E-state index in [1.165, 1.54) is 24.8 Å². The van der Waals surface area contributed by atoms with Gasteiger partial charge in [0.2, 0.25) is 5.78 Å². The van der Waals surface area contributed by atoms with E-state index in [4.69, 9.17) is 4.74 Å². The molecule has 4 aliphatic carbocycles. The monoisotopic (exact) mass is 300 g/mol. The summed E-state index contributed by atoms with van der Waals surface area (Å²) in [4.78, 5) is 12.2. The number of ether oxygens (including phenoxy) is 1. The number of fused-ring (bicyclic) bond motifs is 5. The normalized spacial score (nSPS) is 55.3. The maximum absolute atomic E-state index is 12.2. The number of carbonyl (C=O) groups excluding carboxylic acids is 1. The van der Waals surface area contributed by atoms with Gasteiger partial charge in [-0.25, -0.2) is 0 Å². The molecule has 4 fully saturated rings. The first-order valence-corrected chi connectivity index (χ1v) is 8.64. The van der Waals surface area contributed by atoms with E-state index in [2.05, 4.69) is 13.8 Å². The molecular formula is C19H24O3. The molecule has 1 spiro atoms. The Hall–Kier alpha value is -1.09. The van der Waals surface area contributed by atoms with E-state index in [1.807, 2.05) is 13.0 Å². The Morgan fingerprint density at radius 2 is 2.05 bits per heavy atom. The second kappa shape index (κ2) is 3.53. The van der Waals surface area contributed by atoms with Gasteiger partial charge in [-0.2, -0.15) is 0 Å². The van der Waals surface area contributed by atoms with Gasteiger partial charge in [0, 0.05) is 16.4 Å². The van der Waals surface area contributed by atoms with Crippen molar-refractivity contribution >= 4 is 5.78 Å². The van der Waals surface area contributed by atoms with Gasteiger partial charge in [-0.15, -0.1) is 0 Å². The van der Waals surface area contributed by atoms with Crippen molar-refractivity contribution in [3.8, 4) is 0 Å². The highest BCUT2D eigenvalue weighted by molar-refractivity contribution is 6.08. The second-order valence-electron chi connectivity index (χ2n) is 8.88. The molecule has 0 amide bonds.